The highest BCUT2D eigenvalue weighted by Crippen LogP contribution is 2.33. The van der Waals surface area contributed by atoms with E-state index < -0.39 is 0 Å². The van der Waals surface area contributed by atoms with Crippen molar-refractivity contribution in [3.05, 3.63) is 77.0 Å². The Morgan fingerprint density at radius 3 is 2.66 bits per heavy atom. The summed E-state index contributed by atoms with van der Waals surface area (Å²) >= 11 is 5.87. The molecule has 4 rings (SSSR count). The molecule has 168 valence electrons. The van der Waals surface area contributed by atoms with Crippen molar-refractivity contribution >= 4 is 34.5 Å². The molecule has 0 saturated carbocycles. The first kappa shape index (κ1) is 22.6. The first-order valence-electron chi connectivity index (χ1n) is 11.7. The summed E-state index contributed by atoms with van der Waals surface area (Å²) in [6.45, 7) is 4.24. The molecule has 1 amide bonds. The number of aromatic nitrogens is 1. The zero-order valence-electron chi connectivity index (χ0n) is 18.5. The monoisotopic (exact) mass is 449 g/mol. The van der Waals surface area contributed by atoms with E-state index in [0.29, 0.717) is 10.9 Å². The van der Waals surface area contributed by atoms with Gasteiger partial charge < -0.3 is 15.2 Å². The highest BCUT2D eigenvalue weighted by molar-refractivity contribution is 6.30. The van der Waals surface area contributed by atoms with Gasteiger partial charge in [-0.05, 0) is 86.6 Å². The summed E-state index contributed by atoms with van der Waals surface area (Å²) in [5.74, 6) is 0.623. The summed E-state index contributed by atoms with van der Waals surface area (Å²) in [6.07, 6.45) is 11.4. The number of benzene rings is 2. The standard InChI is InChI=1S/C27H32ClN3O/c28-23-11-8-21(9-12-23)10-13-27(32)29-16-4-1-5-17-31-18-14-22(15-19-31)25-20-30-26-7-3-2-6-24(25)26/h2-3,6-13,20,22,30H,1,4-5,14-19H2,(H,29,32)/b13-10+. The van der Waals surface area contributed by atoms with E-state index in [0.717, 1.165) is 31.5 Å². The number of piperidine rings is 1. The third-order valence-electron chi connectivity index (χ3n) is 6.40. The summed E-state index contributed by atoms with van der Waals surface area (Å²) in [5.41, 5.74) is 3.71. The summed E-state index contributed by atoms with van der Waals surface area (Å²) in [4.78, 5) is 18.0. The highest BCUT2D eigenvalue weighted by atomic mass is 35.5. The van der Waals surface area contributed by atoms with Crippen LogP contribution in [-0.2, 0) is 4.79 Å². The fourth-order valence-electron chi connectivity index (χ4n) is 4.55. The SMILES string of the molecule is O=C(/C=C/c1ccc(Cl)cc1)NCCCCCN1CCC(c2c[nH]c3ccccc23)CC1. The van der Waals surface area contributed by atoms with Gasteiger partial charge in [-0.15, -0.1) is 0 Å². The van der Waals surface area contributed by atoms with Gasteiger partial charge in [0.2, 0.25) is 5.91 Å². The van der Waals surface area contributed by atoms with Crippen molar-refractivity contribution in [3.8, 4) is 0 Å². The predicted octanol–water partition coefficient (Wildman–Crippen LogP) is 6.00. The fraction of sp³-hybridized carbons (Fsp3) is 0.370. The van der Waals surface area contributed by atoms with Gasteiger partial charge in [-0.1, -0.05) is 48.4 Å². The van der Waals surface area contributed by atoms with Gasteiger partial charge in [0.1, 0.15) is 0 Å². The van der Waals surface area contributed by atoms with Crippen LogP contribution in [0.5, 0.6) is 0 Å². The smallest absolute Gasteiger partial charge is 0.243 e. The first-order valence-corrected chi connectivity index (χ1v) is 12.1. The molecule has 0 aliphatic carbocycles. The Kier molecular flexibility index (Phi) is 8.02. The number of aromatic amines is 1. The quantitative estimate of drug-likeness (QED) is 0.311. The van der Waals surface area contributed by atoms with Crippen molar-refractivity contribution in [2.75, 3.05) is 26.2 Å². The number of likely N-dealkylation sites (tertiary alicyclic amines) is 1. The number of carbonyl (C=O) groups excluding carboxylic acids is 1. The van der Waals surface area contributed by atoms with Gasteiger partial charge in [-0.2, -0.15) is 0 Å². The lowest BCUT2D eigenvalue weighted by molar-refractivity contribution is -0.116. The average molecular weight is 450 g/mol. The number of hydrogen-bond donors (Lipinski definition) is 2. The zero-order chi connectivity index (χ0) is 22.2. The van der Waals surface area contributed by atoms with E-state index in [2.05, 4.69) is 45.7 Å². The molecule has 0 bridgehead atoms. The molecule has 1 aromatic heterocycles. The van der Waals surface area contributed by atoms with Gasteiger partial charge in [0.05, 0.1) is 0 Å². The van der Waals surface area contributed by atoms with Crippen molar-refractivity contribution in [2.45, 2.75) is 38.0 Å². The minimum atomic E-state index is -0.0423. The van der Waals surface area contributed by atoms with Gasteiger partial charge in [-0.25, -0.2) is 0 Å². The predicted molar refractivity (Wildman–Crippen MR) is 134 cm³/mol. The van der Waals surface area contributed by atoms with E-state index in [4.69, 9.17) is 11.6 Å². The second-order valence-electron chi connectivity index (χ2n) is 8.64. The van der Waals surface area contributed by atoms with Crippen LogP contribution in [0.15, 0.2) is 60.8 Å². The summed E-state index contributed by atoms with van der Waals surface area (Å²) < 4.78 is 0. The van der Waals surface area contributed by atoms with Crippen LogP contribution >= 0.6 is 11.6 Å². The number of para-hydroxylation sites is 1. The molecule has 2 heterocycles. The number of hydrogen-bond acceptors (Lipinski definition) is 2. The van der Waals surface area contributed by atoms with E-state index >= 15 is 0 Å². The Bertz CT molecular complexity index is 1030. The number of nitrogens with zero attached hydrogens (tertiary/aromatic N) is 1. The number of H-pyrrole nitrogens is 1. The molecule has 5 heteroatoms. The van der Waals surface area contributed by atoms with Crippen LogP contribution in [0.2, 0.25) is 5.02 Å². The van der Waals surface area contributed by atoms with Crippen LogP contribution in [0.4, 0.5) is 0 Å². The third kappa shape index (κ3) is 6.24. The van der Waals surface area contributed by atoms with E-state index in [1.165, 1.54) is 48.8 Å². The highest BCUT2D eigenvalue weighted by Gasteiger charge is 2.22. The molecule has 1 saturated heterocycles. The molecule has 3 aromatic rings. The molecule has 1 aliphatic heterocycles. The number of amides is 1. The molecule has 1 fully saturated rings. The van der Waals surface area contributed by atoms with Gasteiger partial charge in [0.15, 0.2) is 0 Å². The Morgan fingerprint density at radius 2 is 1.84 bits per heavy atom. The van der Waals surface area contributed by atoms with Gasteiger partial charge >= 0.3 is 0 Å². The molecular formula is C27H32ClN3O. The topological polar surface area (TPSA) is 48.1 Å². The van der Waals surface area contributed by atoms with Gasteiger partial charge in [-0.3, -0.25) is 4.79 Å². The molecule has 2 aromatic carbocycles. The number of halogens is 1. The van der Waals surface area contributed by atoms with Crippen molar-refractivity contribution in [1.29, 1.82) is 0 Å². The number of nitrogens with one attached hydrogen (secondary N) is 2. The first-order chi connectivity index (χ1) is 15.7. The summed E-state index contributed by atoms with van der Waals surface area (Å²) in [5, 5.41) is 5.05. The molecular weight excluding hydrogens is 418 g/mol. The fourth-order valence-corrected chi connectivity index (χ4v) is 4.68. The Labute approximate surface area is 195 Å². The van der Waals surface area contributed by atoms with Crippen molar-refractivity contribution in [2.24, 2.45) is 0 Å². The van der Waals surface area contributed by atoms with Crippen LogP contribution < -0.4 is 5.32 Å². The maximum atomic E-state index is 11.9. The Balaban J connectivity index is 1.08. The summed E-state index contributed by atoms with van der Waals surface area (Å²) in [7, 11) is 0. The van der Waals surface area contributed by atoms with E-state index in [1.807, 2.05) is 30.3 Å². The lowest BCUT2D eigenvalue weighted by Gasteiger charge is -2.32. The molecule has 4 nitrogen and oxygen atoms in total. The van der Waals surface area contributed by atoms with Crippen LogP contribution in [0, 0.1) is 0 Å². The summed E-state index contributed by atoms with van der Waals surface area (Å²) in [6, 6.07) is 16.1. The zero-order valence-corrected chi connectivity index (χ0v) is 19.3. The Morgan fingerprint density at radius 1 is 1.06 bits per heavy atom. The molecule has 0 radical (unpaired) electrons. The van der Waals surface area contributed by atoms with Crippen LogP contribution in [0.1, 0.15) is 49.1 Å². The van der Waals surface area contributed by atoms with Gasteiger partial charge in [0, 0.05) is 34.7 Å². The maximum absolute atomic E-state index is 11.9. The van der Waals surface area contributed by atoms with Crippen molar-refractivity contribution in [1.82, 2.24) is 15.2 Å². The molecule has 0 atom stereocenters. The van der Waals surface area contributed by atoms with E-state index in [9.17, 15) is 4.79 Å². The number of carbonyl (C=O) groups is 1. The van der Waals surface area contributed by atoms with Crippen molar-refractivity contribution in [3.63, 3.8) is 0 Å². The van der Waals surface area contributed by atoms with Gasteiger partial charge in [0.25, 0.3) is 0 Å². The van der Waals surface area contributed by atoms with Crippen LogP contribution in [-0.4, -0.2) is 42.0 Å². The lowest BCUT2D eigenvalue weighted by Crippen LogP contribution is -2.33. The molecule has 32 heavy (non-hydrogen) atoms. The largest absolute Gasteiger partial charge is 0.361 e. The Hall–Kier alpha value is -2.56. The normalized spacial score (nSPS) is 15.5. The minimum absolute atomic E-state index is 0.0423. The molecule has 0 spiro atoms. The number of fused-ring (bicyclic) bond motifs is 1. The number of rotatable bonds is 9. The second-order valence-corrected chi connectivity index (χ2v) is 9.08. The third-order valence-corrected chi connectivity index (χ3v) is 6.65. The van der Waals surface area contributed by atoms with E-state index in [1.54, 1.807) is 6.08 Å². The lowest BCUT2D eigenvalue weighted by atomic mass is 9.89. The van der Waals surface area contributed by atoms with Crippen molar-refractivity contribution < 1.29 is 4.79 Å². The van der Waals surface area contributed by atoms with Crippen LogP contribution in [0.25, 0.3) is 17.0 Å². The average Bonchev–Trinajstić information content (AvgIpc) is 3.25. The second kappa shape index (κ2) is 11.3. The minimum Gasteiger partial charge on any atom is -0.361 e. The van der Waals surface area contributed by atoms with Crippen LogP contribution in [0.3, 0.4) is 0 Å². The molecule has 2 N–H and O–H groups in total. The maximum Gasteiger partial charge on any atom is 0.243 e. The van der Waals surface area contributed by atoms with E-state index in [-0.39, 0.29) is 5.91 Å². The number of unbranched alkanes of at least 4 members (excludes halogenated alkanes) is 2. The molecule has 0 unspecified atom stereocenters. The molecule has 1 aliphatic rings.